The summed E-state index contributed by atoms with van der Waals surface area (Å²) in [5.74, 6) is -0.577. The molecule has 29 heavy (non-hydrogen) atoms. The summed E-state index contributed by atoms with van der Waals surface area (Å²) in [5.41, 5.74) is 1.53. The molecule has 0 bridgehead atoms. The number of esters is 1. The van der Waals surface area contributed by atoms with Gasteiger partial charge in [-0.05, 0) is 30.2 Å². The van der Waals surface area contributed by atoms with Gasteiger partial charge in [-0.1, -0.05) is 19.1 Å². The first-order chi connectivity index (χ1) is 13.7. The standard InChI is InChI=1S/C19H19N3O6S/c1-3-13-4-6-14(7-5-13)20-29(26,27)18-11-21(12-19(23)28-2)17-9-8-15(22(24)25)10-16(17)18/h4-11,20H,3,12H2,1-2H3. The third kappa shape index (κ3) is 4.21. The maximum Gasteiger partial charge on any atom is 0.325 e. The number of benzene rings is 2. The predicted octanol–water partition coefficient (Wildman–Crippen LogP) is 3.09. The molecule has 3 rings (SSSR count). The minimum absolute atomic E-state index is 0.140. The topological polar surface area (TPSA) is 121 Å². The van der Waals surface area contributed by atoms with Crippen LogP contribution in [-0.4, -0.2) is 31.0 Å². The third-order valence-electron chi connectivity index (χ3n) is 4.47. The largest absolute Gasteiger partial charge is 0.468 e. The normalized spacial score (nSPS) is 11.4. The number of nitro groups is 1. The Bertz CT molecular complexity index is 1180. The van der Waals surface area contributed by atoms with Crippen LogP contribution in [-0.2, 0) is 32.5 Å². The molecule has 0 spiro atoms. The number of aromatic nitrogens is 1. The maximum atomic E-state index is 13.0. The van der Waals surface area contributed by atoms with E-state index in [0.29, 0.717) is 11.2 Å². The van der Waals surface area contributed by atoms with Crippen LogP contribution in [0.25, 0.3) is 10.9 Å². The van der Waals surface area contributed by atoms with Gasteiger partial charge in [-0.25, -0.2) is 8.42 Å². The van der Waals surface area contributed by atoms with E-state index in [0.717, 1.165) is 12.0 Å². The van der Waals surface area contributed by atoms with Gasteiger partial charge < -0.3 is 9.30 Å². The molecule has 0 radical (unpaired) electrons. The number of nitrogens with zero attached hydrogens (tertiary/aromatic N) is 2. The Morgan fingerprint density at radius 1 is 1.21 bits per heavy atom. The molecule has 2 aromatic carbocycles. The van der Waals surface area contributed by atoms with Gasteiger partial charge in [0.05, 0.1) is 17.5 Å². The fraction of sp³-hybridized carbons (Fsp3) is 0.211. The molecule has 1 N–H and O–H groups in total. The number of nitrogens with one attached hydrogen (secondary N) is 1. The van der Waals surface area contributed by atoms with Gasteiger partial charge in [0.25, 0.3) is 15.7 Å². The molecule has 0 unspecified atom stereocenters. The lowest BCUT2D eigenvalue weighted by Crippen LogP contribution is -2.13. The molecule has 0 aliphatic heterocycles. The molecule has 0 fully saturated rings. The number of fused-ring (bicyclic) bond motifs is 1. The van der Waals surface area contributed by atoms with Crippen LogP contribution in [0.4, 0.5) is 11.4 Å². The van der Waals surface area contributed by atoms with Crippen LogP contribution in [0.3, 0.4) is 0 Å². The smallest absolute Gasteiger partial charge is 0.325 e. The molecule has 1 aromatic heterocycles. The van der Waals surface area contributed by atoms with Gasteiger partial charge >= 0.3 is 5.97 Å². The second-order valence-corrected chi connectivity index (χ2v) is 7.96. The first-order valence-electron chi connectivity index (χ1n) is 8.71. The number of rotatable bonds is 7. The minimum atomic E-state index is -4.07. The van der Waals surface area contributed by atoms with Crippen LogP contribution in [0, 0.1) is 10.1 Å². The van der Waals surface area contributed by atoms with Gasteiger partial charge in [0, 0.05) is 29.4 Å². The summed E-state index contributed by atoms with van der Waals surface area (Å²) in [5, 5.41) is 11.3. The molecular formula is C19H19N3O6S. The minimum Gasteiger partial charge on any atom is -0.468 e. The molecule has 1 heterocycles. The average molecular weight is 417 g/mol. The van der Waals surface area contributed by atoms with Crippen LogP contribution in [0.5, 0.6) is 0 Å². The van der Waals surface area contributed by atoms with Crippen LogP contribution in [0.2, 0.25) is 0 Å². The first-order valence-corrected chi connectivity index (χ1v) is 10.2. The highest BCUT2D eigenvalue weighted by Gasteiger charge is 2.24. The highest BCUT2D eigenvalue weighted by atomic mass is 32.2. The third-order valence-corrected chi connectivity index (χ3v) is 5.88. The van der Waals surface area contributed by atoms with Crippen molar-refractivity contribution in [3.05, 3.63) is 64.3 Å². The van der Waals surface area contributed by atoms with Crippen molar-refractivity contribution < 1.29 is 22.9 Å². The van der Waals surface area contributed by atoms with Crippen LogP contribution >= 0.6 is 0 Å². The second kappa shape index (κ2) is 7.92. The monoisotopic (exact) mass is 417 g/mol. The lowest BCUT2D eigenvalue weighted by atomic mass is 10.2. The lowest BCUT2D eigenvalue weighted by molar-refractivity contribution is -0.384. The summed E-state index contributed by atoms with van der Waals surface area (Å²) in [4.78, 5) is 22.1. The van der Waals surface area contributed by atoms with Crippen molar-refractivity contribution in [2.75, 3.05) is 11.8 Å². The van der Waals surface area contributed by atoms with Crippen molar-refractivity contribution in [2.24, 2.45) is 0 Å². The Hall–Kier alpha value is -3.40. The van der Waals surface area contributed by atoms with Gasteiger partial charge in [0.15, 0.2) is 0 Å². The highest BCUT2D eigenvalue weighted by molar-refractivity contribution is 7.93. The van der Waals surface area contributed by atoms with E-state index in [-0.39, 0.29) is 22.5 Å². The Balaban J connectivity index is 2.10. The SMILES string of the molecule is CCc1ccc(NS(=O)(=O)c2cn(CC(=O)OC)c3ccc([N+](=O)[O-])cc23)cc1. The number of methoxy groups -OCH3 is 1. The molecule has 0 saturated carbocycles. The number of carbonyl (C=O) groups excluding carboxylic acids is 1. The van der Waals surface area contributed by atoms with Crippen molar-refractivity contribution in [2.45, 2.75) is 24.8 Å². The number of sulfonamides is 1. The molecule has 9 nitrogen and oxygen atoms in total. The van der Waals surface area contributed by atoms with E-state index in [1.165, 1.54) is 36.1 Å². The molecule has 0 amide bonds. The molecular weight excluding hydrogens is 398 g/mol. The quantitative estimate of drug-likeness (QED) is 0.358. The zero-order valence-corrected chi connectivity index (χ0v) is 16.6. The number of anilines is 1. The Morgan fingerprint density at radius 3 is 2.48 bits per heavy atom. The van der Waals surface area contributed by atoms with Gasteiger partial charge in [-0.2, -0.15) is 0 Å². The van der Waals surface area contributed by atoms with E-state index in [1.54, 1.807) is 12.1 Å². The lowest BCUT2D eigenvalue weighted by Gasteiger charge is -2.08. The number of non-ortho nitro benzene ring substituents is 1. The first kappa shape index (κ1) is 20.3. The van der Waals surface area contributed by atoms with Crippen molar-refractivity contribution in [3.63, 3.8) is 0 Å². The summed E-state index contributed by atoms with van der Waals surface area (Å²) < 4.78 is 34.5. The number of hydrogen-bond donors (Lipinski definition) is 1. The second-order valence-electron chi connectivity index (χ2n) is 6.31. The van der Waals surface area contributed by atoms with Crippen molar-refractivity contribution in [1.82, 2.24) is 4.57 Å². The molecule has 10 heteroatoms. The van der Waals surface area contributed by atoms with Crippen LogP contribution < -0.4 is 4.72 Å². The van der Waals surface area contributed by atoms with E-state index in [1.807, 2.05) is 19.1 Å². The van der Waals surface area contributed by atoms with Gasteiger partial charge in [0.2, 0.25) is 0 Å². The molecule has 0 aliphatic rings. The maximum absolute atomic E-state index is 13.0. The zero-order valence-electron chi connectivity index (χ0n) is 15.8. The number of ether oxygens (including phenoxy) is 1. The van der Waals surface area contributed by atoms with Gasteiger partial charge in [0.1, 0.15) is 11.4 Å². The van der Waals surface area contributed by atoms with E-state index in [9.17, 15) is 23.3 Å². The molecule has 0 aliphatic carbocycles. The van der Waals surface area contributed by atoms with Crippen LogP contribution in [0.15, 0.2) is 53.6 Å². The molecule has 152 valence electrons. The average Bonchev–Trinajstić information content (AvgIpc) is 3.06. The molecule has 0 saturated heterocycles. The van der Waals surface area contributed by atoms with E-state index >= 15 is 0 Å². The van der Waals surface area contributed by atoms with Gasteiger partial charge in [-0.3, -0.25) is 19.6 Å². The summed E-state index contributed by atoms with van der Waals surface area (Å²) in [6.07, 6.45) is 2.09. The fourth-order valence-electron chi connectivity index (χ4n) is 2.93. The summed E-state index contributed by atoms with van der Waals surface area (Å²) in [6.45, 7) is 1.76. The Morgan fingerprint density at radius 2 is 1.90 bits per heavy atom. The summed E-state index contributed by atoms with van der Waals surface area (Å²) in [7, 11) is -2.85. The number of nitro benzene ring substituents is 1. The van der Waals surface area contributed by atoms with E-state index in [2.05, 4.69) is 9.46 Å². The molecule has 3 aromatic rings. The summed E-state index contributed by atoms with van der Waals surface area (Å²) >= 11 is 0. The van der Waals surface area contributed by atoms with E-state index < -0.39 is 20.9 Å². The zero-order chi connectivity index (χ0) is 21.2. The van der Waals surface area contributed by atoms with E-state index in [4.69, 9.17) is 0 Å². The molecule has 0 atom stereocenters. The van der Waals surface area contributed by atoms with Crippen molar-refractivity contribution >= 4 is 38.3 Å². The van der Waals surface area contributed by atoms with Crippen LogP contribution in [0.1, 0.15) is 12.5 Å². The predicted molar refractivity (Wildman–Crippen MR) is 107 cm³/mol. The number of carbonyl (C=O) groups is 1. The summed E-state index contributed by atoms with van der Waals surface area (Å²) in [6, 6.07) is 10.7. The fourth-order valence-corrected chi connectivity index (χ4v) is 4.21. The Labute approximate surface area is 167 Å². The highest BCUT2D eigenvalue weighted by Crippen LogP contribution is 2.30. The Kier molecular flexibility index (Phi) is 5.55. The van der Waals surface area contributed by atoms with Crippen molar-refractivity contribution in [3.8, 4) is 0 Å². The van der Waals surface area contributed by atoms with Crippen molar-refractivity contribution in [1.29, 1.82) is 0 Å². The number of hydrogen-bond acceptors (Lipinski definition) is 6. The number of aryl methyl sites for hydroxylation is 1. The van der Waals surface area contributed by atoms with Gasteiger partial charge in [-0.15, -0.1) is 0 Å².